The number of hydrogen-bond acceptors (Lipinski definition) is 6. The first kappa shape index (κ1) is 16.8. The van der Waals surface area contributed by atoms with Crippen molar-refractivity contribution < 1.29 is 9.21 Å². The minimum atomic E-state index is 0.0154. The number of hydrogen-bond donors (Lipinski definition) is 1. The number of rotatable bonds is 4. The first-order valence-electron chi connectivity index (χ1n) is 9.51. The quantitative estimate of drug-likeness (QED) is 0.636. The zero-order valence-corrected chi connectivity index (χ0v) is 16.0. The van der Waals surface area contributed by atoms with Crippen LogP contribution in [0, 0.1) is 23.2 Å². The van der Waals surface area contributed by atoms with E-state index in [4.69, 9.17) is 14.8 Å². The molecule has 2 heterocycles. The third kappa shape index (κ3) is 2.92. The summed E-state index contributed by atoms with van der Waals surface area (Å²) in [4.78, 5) is 21.1. The summed E-state index contributed by atoms with van der Waals surface area (Å²) in [7, 11) is 0. The van der Waals surface area contributed by atoms with E-state index in [0.717, 1.165) is 52.5 Å². The lowest BCUT2D eigenvalue weighted by atomic mass is 9.78. The lowest BCUT2D eigenvalue weighted by Gasteiger charge is -2.27. The number of ketones is 1. The minimum absolute atomic E-state index is 0.0154. The van der Waals surface area contributed by atoms with E-state index in [-0.39, 0.29) is 5.78 Å². The monoisotopic (exact) mass is 379 g/mol. The molecule has 2 aromatic heterocycles. The van der Waals surface area contributed by atoms with Crippen molar-refractivity contribution in [1.29, 1.82) is 5.41 Å². The number of carbonyl (C=O) groups is 1. The van der Waals surface area contributed by atoms with Gasteiger partial charge in [0.2, 0.25) is 0 Å². The van der Waals surface area contributed by atoms with Gasteiger partial charge in [-0.05, 0) is 62.5 Å². The fourth-order valence-corrected chi connectivity index (χ4v) is 5.39. The molecular weight excluding hydrogens is 358 g/mol. The Kier molecular flexibility index (Phi) is 3.97. The molecular formula is C21H21N3O2S. The van der Waals surface area contributed by atoms with E-state index in [9.17, 15) is 4.79 Å². The molecule has 2 fully saturated rings. The van der Waals surface area contributed by atoms with Crippen LogP contribution in [-0.4, -0.2) is 21.5 Å². The van der Waals surface area contributed by atoms with Gasteiger partial charge in [0.25, 0.3) is 0 Å². The summed E-state index contributed by atoms with van der Waals surface area (Å²) >= 11 is 1.53. The number of nitrogens with zero attached hydrogens (tertiary/aromatic N) is 2. The number of fused-ring (bicyclic) bond motifs is 3. The van der Waals surface area contributed by atoms with Gasteiger partial charge in [-0.3, -0.25) is 4.79 Å². The van der Waals surface area contributed by atoms with Crippen LogP contribution in [0.5, 0.6) is 0 Å². The van der Waals surface area contributed by atoms with Crippen LogP contribution in [0.25, 0.3) is 21.7 Å². The number of Topliss-reactive ketones (excluding diaryl/α,β-unsaturated/α-hetero) is 1. The maximum Gasteiger partial charge on any atom is 0.195 e. The first-order chi connectivity index (χ1) is 13.1. The molecule has 2 bridgehead atoms. The highest BCUT2D eigenvalue weighted by atomic mass is 32.1. The van der Waals surface area contributed by atoms with Crippen molar-refractivity contribution in [3.8, 4) is 10.6 Å². The second-order valence-electron chi connectivity index (χ2n) is 7.84. The standard InChI is InChI=1S/C21H21N3O2S/c1-11(25)15-9-16(21-23-4-5-27-21)20-17(10-15)24-18(26-20)8-12-6-13-2-3-14(7-12)19(13)22/h4-5,9-10,12-14,22H,2-3,6-8H2,1H3. The van der Waals surface area contributed by atoms with Crippen LogP contribution in [-0.2, 0) is 6.42 Å². The highest BCUT2D eigenvalue weighted by Gasteiger charge is 2.39. The van der Waals surface area contributed by atoms with E-state index >= 15 is 0 Å². The number of aromatic nitrogens is 2. The van der Waals surface area contributed by atoms with Crippen LogP contribution < -0.4 is 0 Å². The largest absolute Gasteiger partial charge is 0.440 e. The fourth-order valence-electron chi connectivity index (χ4n) is 4.74. The molecule has 5 rings (SSSR count). The molecule has 2 aliphatic rings. The van der Waals surface area contributed by atoms with Gasteiger partial charge in [0.05, 0.1) is 5.56 Å². The number of nitrogens with one attached hydrogen (secondary N) is 1. The number of thiazole rings is 1. The van der Waals surface area contributed by atoms with Gasteiger partial charge in [-0.1, -0.05) is 0 Å². The van der Waals surface area contributed by atoms with Crippen LogP contribution in [0.15, 0.2) is 28.1 Å². The van der Waals surface area contributed by atoms with Crippen molar-refractivity contribution in [3.63, 3.8) is 0 Å². The SMILES string of the molecule is CC(=O)c1cc(-c2nccs2)c2oc(CC3CC4CCC(C3)C4=N)nc2c1. The third-order valence-corrected chi connectivity index (χ3v) is 6.85. The van der Waals surface area contributed by atoms with Crippen molar-refractivity contribution in [2.75, 3.05) is 0 Å². The molecule has 2 saturated carbocycles. The lowest BCUT2D eigenvalue weighted by Crippen LogP contribution is -2.26. The summed E-state index contributed by atoms with van der Waals surface area (Å²) in [6.45, 7) is 1.57. The summed E-state index contributed by atoms with van der Waals surface area (Å²) in [6, 6.07) is 3.68. The van der Waals surface area contributed by atoms with Gasteiger partial charge in [-0.15, -0.1) is 11.3 Å². The lowest BCUT2D eigenvalue weighted by molar-refractivity contribution is 0.101. The van der Waals surface area contributed by atoms with Crippen molar-refractivity contribution >= 4 is 33.9 Å². The number of carbonyl (C=O) groups excluding carboxylic acids is 1. The highest BCUT2D eigenvalue weighted by molar-refractivity contribution is 7.13. The molecule has 3 aromatic rings. The van der Waals surface area contributed by atoms with Crippen molar-refractivity contribution in [1.82, 2.24) is 9.97 Å². The summed E-state index contributed by atoms with van der Waals surface area (Å²) in [5, 5.41) is 11.0. The maximum absolute atomic E-state index is 11.9. The summed E-state index contributed by atoms with van der Waals surface area (Å²) in [5.41, 5.74) is 3.90. The van der Waals surface area contributed by atoms with Gasteiger partial charge >= 0.3 is 0 Å². The zero-order chi connectivity index (χ0) is 18.5. The van der Waals surface area contributed by atoms with Gasteiger partial charge in [0.15, 0.2) is 17.3 Å². The van der Waals surface area contributed by atoms with Gasteiger partial charge in [0.1, 0.15) is 10.5 Å². The van der Waals surface area contributed by atoms with Crippen molar-refractivity contribution in [3.05, 3.63) is 35.2 Å². The molecule has 0 aliphatic heterocycles. The highest BCUT2D eigenvalue weighted by Crippen LogP contribution is 2.43. The van der Waals surface area contributed by atoms with Crippen LogP contribution >= 0.6 is 11.3 Å². The van der Waals surface area contributed by atoms with Crippen LogP contribution in [0.3, 0.4) is 0 Å². The Morgan fingerprint density at radius 2 is 2.07 bits per heavy atom. The summed E-state index contributed by atoms with van der Waals surface area (Å²) in [6.07, 6.45) is 7.06. The third-order valence-electron chi connectivity index (χ3n) is 6.05. The Morgan fingerprint density at radius 3 is 2.74 bits per heavy atom. The first-order valence-corrected chi connectivity index (χ1v) is 10.4. The van der Waals surface area contributed by atoms with Crippen LogP contribution in [0.4, 0.5) is 0 Å². The molecule has 5 nitrogen and oxygen atoms in total. The average Bonchev–Trinajstić information content (AvgIpc) is 3.33. The van der Waals surface area contributed by atoms with Gasteiger partial charge in [-0.2, -0.15) is 0 Å². The molecule has 27 heavy (non-hydrogen) atoms. The molecule has 0 amide bonds. The average molecular weight is 379 g/mol. The fraction of sp³-hybridized carbons (Fsp3) is 0.429. The van der Waals surface area contributed by atoms with Gasteiger partial charge < -0.3 is 9.83 Å². The normalized spacial score (nSPS) is 24.6. The Morgan fingerprint density at radius 1 is 1.30 bits per heavy atom. The number of benzene rings is 1. The molecule has 0 spiro atoms. The Labute approximate surface area is 161 Å². The Bertz CT molecular complexity index is 1020. The number of oxazole rings is 1. The zero-order valence-electron chi connectivity index (χ0n) is 15.2. The van der Waals surface area contributed by atoms with E-state index in [2.05, 4.69) is 4.98 Å². The van der Waals surface area contributed by atoms with E-state index in [1.54, 1.807) is 13.1 Å². The van der Waals surface area contributed by atoms with E-state index in [1.807, 2.05) is 17.5 Å². The van der Waals surface area contributed by atoms with Gasteiger partial charge in [0, 0.05) is 29.3 Å². The van der Waals surface area contributed by atoms with Crippen molar-refractivity contribution in [2.24, 2.45) is 17.8 Å². The topological polar surface area (TPSA) is 79.8 Å². The van der Waals surface area contributed by atoms with E-state index in [1.165, 1.54) is 24.2 Å². The van der Waals surface area contributed by atoms with Gasteiger partial charge in [-0.25, -0.2) is 9.97 Å². The maximum atomic E-state index is 11.9. The molecule has 2 aliphatic carbocycles. The summed E-state index contributed by atoms with van der Waals surface area (Å²) in [5.74, 6) is 2.21. The summed E-state index contributed by atoms with van der Waals surface area (Å²) < 4.78 is 6.17. The van der Waals surface area contributed by atoms with Crippen LogP contribution in [0.1, 0.15) is 48.9 Å². The smallest absolute Gasteiger partial charge is 0.195 e. The predicted octanol–water partition coefficient (Wildman–Crippen LogP) is 5.15. The molecule has 1 aromatic carbocycles. The van der Waals surface area contributed by atoms with E-state index in [0.29, 0.717) is 23.3 Å². The molecule has 2 atom stereocenters. The molecule has 1 N–H and O–H groups in total. The molecule has 0 radical (unpaired) electrons. The van der Waals surface area contributed by atoms with E-state index < -0.39 is 0 Å². The minimum Gasteiger partial charge on any atom is -0.440 e. The predicted molar refractivity (Wildman–Crippen MR) is 105 cm³/mol. The molecule has 0 saturated heterocycles. The Balaban J connectivity index is 1.50. The molecule has 138 valence electrons. The molecule has 2 unspecified atom stereocenters. The van der Waals surface area contributed by atoms with Crippen LogP contribution in [0.2, 0.25) is 0 Å². The van der Waals surface area contributed by atoms with Crippen molar-refractivity contribution in [2.45, 2.75) is 39.0 Å². The Hall–Kier alpha value is -2.34. The second kappa shape index (κ2) is 6.37. The molecule has 6 heteroatoms. The second-order valence-corrected chi connectivity index (χ2v) is 8.74.